The van der Waals surface area contributed by atoms with E-state index in [2.05, 4.69) is 31.2 Å². The molecule has 0 saturated heterocycles. The number of fused-ring (bicyclic) bond motifs is 1. The lowest BCUT2D eigenvalue weighted by molar-refractivity contribution is -0.136. The molecule has 168 valence electrons. The van der Waals surface area contributed by atoms with Crippen LogP contribution in [0.15, 0.2) is 85.1 Å². The molecule has 5 rings (SSSR count). The SMILES string of the molecule is Cc1ccc(-c2nn(-c3ccccc3)cc2/C=C(\CCC(=O)O)c2nc3ccccc3s2)cc1. The van der Waals surface area contributed by atoms with Gasteiger partial charge >= 0.3 is 5.97 Å². The molecule has 6 heteroatoms. The van der Waals surface area contributed by atoms with Crippen molar-refractivity contribution in [1.82, 2.24) is 14.8 Å². The van der Waals surface area contributed by atoms with Crippen LogP contribution in [0.3, 0.4) is 0 Å². The van der Waals surface area contributed by atoms with Crippen molar-refractivity contribution in [3.63, 3.8) is 0 Å². The first kappa shape index (κ1) is 21.8. The minimum atomic E-state index is -0.828. The van der Waals surface area contributed by atoms with Gasteiger partial charge in [0.2, 0.25) is 0 Å². The highest BCUT2D eigenvalue weighted by Crippen LogP contribution is 2.33. The number of nitrogens with zero attached hydrogens (tertiary/aromatic N) is 3. The van der Waals surface area contributed by atoms with Crippen LogP contribution in [-0.2, 0) is 4.79 Å². The second-order valence-electron chi connectivity index (χ2n) is 8.13. The van der Waals surface area contributed by atoms with Gasteiger partial charge in [-0.05, 0) is 49.3 Å². The molecule has 0 fully saturated rings. The Hall–Kier alpha value is -4.03. The standard InChI is InChI=1S/C28H23N3O2S/c1-19-11-13-20(14-12-19)27-22(18-31(30-27)23-7-3-2-4-8-23)17-21(15-16-26(32)33)28-29-24-9-5-6-10-25(24)34-28/h2-14,17-18H,15-16H2,1H3,(H,32,33)/b21-17+. The van der Waals surface area contributed by atoms with E-state index in [1.54, 1.807) is 11.3 Å². The number of aliphatic carboxylic acids is 1. The van der Waals surface area contributed by atoms with Crippen LogP contribution in [0.2, 0.25) is 0 Å². The van der Waals surface area contributed by atoms with Gasteiger partial charge < -0.3 is 5.11 Å². The van der Waals surface area contributed by atoms with E-state index in [0.717, 1.165) is 43.3 Å². The molecule has 0 radical (unpaired) electrons. The minimum Gasteiger partial charge on any atom is -0.481 e. The summed E-state index contributed by atoms with van der Waals surface area (Å²) in [6.45, 7) is 2.06. The fourth-order valence-electron chi connectivity index (χ4n) is 3.82. The molecule has 0 saturated carbocycles. The highest BCUT2D eigenvalue weighted by Gasteiger charge is 2.15. The number of thiazole rings is 1. The molecule has 2 aromatic heterocycles. The highest BCUT2D eigenvalue weighted by molar-refractivity contribution is 7.19. The van der Waals surface area contributed by atoms with Crippen molar-refractivity contribution >= 4 is 39.2 Å². The number of para-hydroxylation sites is 2. The number of carbonyl (C=O) groups is 1. The van der Waals surface area contributed by atoms with Crippen molar-refractivity contribution in [2.45, 2.75) is 19.8 Å². The molecular formula is C28H23N3O2S. The Balaban J connectivity index is 1.66. The summed E-state index contributed by atoms with van der Waals surface area (Å²) in [4.78, 5) is 16.2. The molecule has 0 spiro atoms. The van der Waals surface area contributed by atoms with Crippen LogP contribution in [-0.4, -0.2) is 25.8 Å². The first-order valence-corrected chi connectivity index (χ1v) is 11.9. The van der Waals surface area contributed by atoms with Gasteiger partial charge in [0.05, 0.1) is 21.6 Å². The Bertz CT molecular complexity index is 1450. The Kier molecular flexibility index (Phi) is 6.06. The maximum absolute atomic E-state index is 11.4. The fourth-order valence-corrected chi connectivity index (χ4v) is 4.83. The first-order chi connectivity index (χ1) is 16.6. The third kappa shape index (κ3) is 4.67. The summed E-state index contributed by atoms with van der Waals surface area (Å²) in [7, 11) is 0. The van der Waals surface area contributed by atoms with Gasteiger partial charge in [0.15, 0.2) is 0 Å². The number of allylic oxidation sites excluding steroid dienone is 1. The van der Waals surface area contributed by atoms with Gasteiger partial charge in [-0.1, -0.05) is 60.2 Å². The van der Waals surface area contributed by atoms with E-state index in [1.165, 1.54) is 5.56 Å². The number of hydrogen-bond donors (Lipinski definition) is 1. The van der Waals surface area contributed by atoms with E-state index in [1.807, 2.05) is 71.6 Å². The van der Waals surface area contributed by atoms with E-state index in [-0.39, 0.29) is 6.42 Å². The van der Waals surface area contributed by atoms with Crippen molar-refractivity contribution in [2.24, 2.45) is 0 Å². The zero-order valence-electron chi connectivity index (χ0n) is 18.7. The van der Waals surface area contributed by atoms with Gasteiger partial charge in [0.25, 0.3) is 0 Å². The van der Waals surface area contributed by atoms with Gasteiger partial charge in [-0.15, -0.1) is 11.3 Å². The molecule has 2 heterocycles. The normalized spacial score (nSPS) is 11.7. The molecule has 0 unspecified atom stereocenters. The molecule has 0 aliphatic carbocycles. The Morgan fingerprint density at radius 2 is 1.71 bits per heavy atom. The van der Waals surface area contributed by atoms with Crippen LogP contribution in [0.25, 0.3) is 38.8 Å². The van der Waals surface area contributed by atoms with Crippen LogP contribution in [0.5, 0.6) is 0 Å². The predicted molar refractivity (Wildman–Crippen MR) is 138 cm³/mol. The molecule has 5 aromatic rings. The topological polar surface area (TPSA) is 68.0 Å². The Morgan fingerprint density at radius 1 is 0.971 bits per heavy atom. The fraction of sp³-hybridized carbons (Fsp3) is 0.107. The van der Waals surface area contributed by atoms with Crippen LogP contribution in [0.1, 0.15) is 29.0 Å². The number of carboxylic acid groups (broad SMARTS) is 1. The monoisotopic (exact) mass is 465 g/mol. The van der Waals surface area contributed by atoms with Crippen molar-refractivity contribution < 1.29 is 9.90 Å². The summed E-state index contributed by atoms with van der Waals surface area (Å²) < 4.78 is 2.95. The largest absolute Gasteiger partial charge is 0.481 e. The second kappa shape index (κ2) is 9.45. The molecule has 0 bridgehead atoms. The van der Waals surface area contributed by atoms with Gasteiger partial charge in [-0.25, -0.2) is 9.67 Å². The summed E-state index contributed by atoms with van der Waals surface area (Å²) in [5.41, 5.74) is 6.73. The predicted octanol–water partition coefficient (Wildman–Crippen LogP) is 6.86. The van der Waals surface area contributed by atoms with E-state index in [9.17, 15) is 9.90 Å². The summed E-state index contributed by atoms with van der Waals surface area (Å²) >= 11 is 1.58. The molecule has 34 heavy (non-hydrogen) atoms. The number of aromatic nitrogens is 3. The average molecular weight is 466 g/mol. The molecule has 0 aliphatic rings. The molecule has 0 atom stereocenters. The maximum Gasteiger partial charge on any atom is 0.303 e. The van der Waals surface area contributed by atoms with Gasteiger partial charge in [0, 0.05) is 23.7 Å². The van der Waals surface area contributed by atoms with Crippen molar-refractivity contribution in [3.8, 4) is 16.9 Å². The third-order valence-electron chi connectivity index (χ3n) is 5.59. The quantitative estimate of drug-likeness (QED) is 0.285. The summed E-state index contributed by atoms with van der Waals surface area (Å²) in [5, 5.41) is 15.1. The zero-order valence-corrected chi connectivity index (χ0v) is 19.5. The highest BCUT2D eigenvalue weighted by atomic mass is 32.1. The lowest BCUT2D eigenvalue weighted by Crippen LogP contribution is -1.95. The molecule has 3 aromatic carbocycles. The maximum atomic E-state index is 11.4. The number of benzene rings is 3. The van der Waals surface area contributed by atoms with Gasteiger partial charge in [0.1, 0.15) is 5.01 Å². The molecule has 1 N–H and O–H groups in total. The van der Waals surface area contributed by atoms with Crippen LogP contribution in [0, 0.1) is 6.92 Å². The van der Waals surface area contributed by atoms with E-state index >= 15 is 0 Å². The van der Waals surface area contributed by atoms with Crippen LogP contribution in [0.4, 0.5) is 0 Å². The average Bonchev–Trinajstić information content (AvgIpc) is 3.47. The molecule has 5 nitrogen and oxygen atoms in total. The van der Waals surface area contributed by atoms with E-state index in [4.69, 9.17) is 10.1 Å². The van der Waals surface area contributed by atoms with E-state index < -0.39 is 5.97 Å². The van der Waals surface area contributed by atoms with Gasteiger partial charge in [-0.2, -0.15) is 5.10 Å². The van der Waals surface area contributed by atoms with E-state index in [0.29, 0.717) is 6.42 Å². The summed E-state index contributed by atoms with van der Waals surface area (Å²) in [6.07, 6.45) is 4.47. The third-order valence-corrected chi connectivity index (χ3v) is 6.71. The lowest BCUT2D eigenvalue weighted by atomic mass is 10.0. The first-order valence-electron chi connectivity index (χ1n) is 11.1. The zero-order chi connectivity index (χ0) is 23.5. The Labute approximate surface area is 201 Å². The smallest absolute Gasteiger partial charge is 0.303 e. The lowest BCUT2D eigenvalue weighted by Gasteiger charge is -2.04. The number of carboxylic acids is 1. The summed E-state index contributed by atoms with van der Waals surface area (Å²) in [5.74, 6) is -0.828. The molecule has 0 aliphatic heterocycles. The van der Waals surface area contributed by atoms with Crippen LogP contribution >= 0.6 is 11.3 Å². The van der Waals surface area contributed by atoms with Crippen molar-refractivity contribution in [3.05, 3.63) is 101 Å². The number of hydrogen-bond acceptors (Lipinski definition) is 4. The molecular weight excluding hydrogens is 442 g/mol. The number of rotatable bonds is 7. The van der Waals surface area contributed by atoms with Crippen LogP contribution < -0.4 is 0 Å². The minimum absolute atomic E-state index is 0.0362. The second-order valence-corrected chi connectivity index (χ2v) is 9.16. The van der Waals surface area contributed by atoms with Crippen molar-refractivity contribution in [2.75, 3.05) is 0 Å². The van der Waals surface area contributed by atoms with Gasteiger partial charge in [-0.3, -0.25) is 4.79 Å². The Morgan fingerprint density at radius 3 is 2.44 bits per heavy atom. The summed E-state index contributed by atoms with van der Waals surface area (Å²) in [6, 6.07) is 26.2. The van der Waals surface area contributed by atoms with Crippen molar-refractivity contribution in [1.29, 1.82) is 0 Å². The molecule has 0 amide bonds. The number of aryl methyl sites for hydroxylation is 1.